The van der Waals surface area contributed by atoms with Crippen molar-refractivity contribution in [2.45, 2.75) is 38.6 Å². The van der Waals surface area contributed by atoms with Gasteiger partial charge in [0.1, 0.15) is 9.88 Å². The van der Waals surface area contributed by atoms with Crippen molar-refractivity contribution in [2.75, 3.05) is 11.9 Å². The van der Waals surface area contributed by atoms with Crippen molar-refractivity contribution in [1.29, 1.82) is 0 Å². The van der Waals surface area contributed by atoms with E-state index in [4.69, 9.17) is 32.7 Å². The van der Waals surface area contributed by atoms with Crippen LogP contribution in [-0.2, 0) is 14.3 Å². The molecule has 0 atom stereocenters. The molecule has 1 N–H and O–H groups in total. The Balaban J connectivity index is 3.28. The molecule has 0 aliphatic carbocycles. The van der Waals surface area contributed by atoms with E-state index in [1.54, 1.807) is 27.7 Å². The lowest BCUT2D eigenvalue weighted by Crippen LogP contribution is -2.19. The molecule has 1 amide bonds. The molecule has 0 saturated heterocycles. The number of amides is 1. The quantitative estimate of drug-likeness (QED) is 0.601. The number of thiophene rings is 1. The third-order valence-electron chi connectivity index (χ3n) is 2.59. The average molecular weight is 382 g/mol. The van der Waals surface area contributed by atoms with Gasteiger partial charge in [0.2, 0.25) is 0 Å². The van der Waals surface area contributed by atoms with Gasteiger partial charge in [0, 0.05) is 0 Å². The summed E-state index contributed by atoms with van der Waals surface area (Å²) in [6, 6.07) is 0. The summed E-state index contributed by atoms with van der Waals surface area (Å²) in [4.78, 5) is 34.8. The number of carbonyl (C=O) groups is 3. The molecule has 0 spiro atoms. The van der Waals surface area contributed by atoms with E-state index in [9.17, 15) is 14.4 Å². The number of nitrogens with one attached hydrogen (secondary N) is 1. The first-order chi connectivity index (χ1) is 10.7. The predicted octanol–water partition coefficient (Wildman–Crippen LogP) is 3.54. The Hall–Kier alpha value is -1.31. The molecule has 9 heteroatoms. The molecule has 0 radical (unpaired) electrons. The molecule has 0 aliphatic rings. The molecule has 6 nitrogen and oxygen atoms in total. The molecular weight excluding hydrogens is 365 g/mol. The number of halogens is 2. The fraction of sp³-hybridized carbons (Fsp3) is 0.500. The van der Waals surface area contributed by atoms with Crippen LogP contribution in [0.4, 0.5) is 5.00 Å². The van der Waals surface area contributed by atoms with Crippen LogP contribution in [0, 0.1) is 6.92 Å². The summed E-state index contributed by atoms with van der Waals surface area (Å²) in [5, 5.41) is 2.57. The third kappa shape index (κ3) is 5.09. The van der Waals surface area contributed by atoms with Crippen LogP contribution in [0.3, 0.4) is 0 Å². The maximum Gasteiger partial charge on any atom is 0.348 e. The van der Waals surface area contributed by atoms with E-state index >= 15 is 0 Å². The summed E-state index contributed by atoms with van der Waals surface area (Å²) >= 11 is 11.9. The Morgan fingerprint density at radius 3 is 2.30 bits per heavy atom. The van der Waals surface area contributed by atoms with Crippen molar-refractivity contribution >= 4 is 57.4 Å². The largest absolute Gasteiger partial charge is 0.462 e. The molecule has 128 valence electrons. The predicted molar refractivity (Wildman–Crippen MR) is 89.7 cm³/mol. The lowest BCUT2D eigenvalue weighted by atomic mass is 10.1. The highest BCUT2D eigenvalue weighted by Crippen LogP contribution is 2.34. The number of hydrogen-bond acceptors (Lipinski definition) is 6. The first-order valence-corrected chi connectivity index (χ1v) is 8.48. The highest BCUT2D eigenvalue weighted by molar-refractivity contribution is 7.18. The van der Waals surface area contributed by atoms with E-state index in [-0.39, 0.29) is 28.2 Å². The van der Waals surface area contributed by atoms with Crippen LogP contribution in [0.1, 0.15) is 46.4 Å². The van der Waals surface area contributed by atoms with E-state index in [0.717, 1.165) is 11.3 Å². The second kappa shape index (κ2) is 8.52. The number of hydrogen-bond donors (Lipinski definition) is 1. The minimum Gasteiger partial charge on any atom is -0.462 e. The molecular formula is C14H17Cl2NO5S. The van der Waals surface area contributed by atoms with Crippen molar-refractivity contribution in [3.05, 3.63) is 16.0 Å². The number of esters is 2. The number of carbonyl (C=O) groups excluding carboxylic acids is 3. The van der Waals surface area contributed by atoms with Gasteiger partial charge in [-0.2, -0.15) is 0 Å². The number of alkyl halides is 2. The van der Waals surface area contributed by atoms with Crippen LogP contribution in [-0.4, -0.2) is 35.4 Å². The highest BCUT2D eigenvalue weighted by atomic mass is 35.5. The topological polar surface area (TPSA) is 81.7 Å². The van der Waals surface area contributed by atoms with Crippen LogP contribution in [0.15, 0.2) is 0 Å². The second-order valence-electron chi connectivity index (χ2n) is 4.72. The number of rotatable bonds is 6. The van der Waals surface area contributed by atoms with Gasteiger partial charge in [0.15, 0.2) is 4.84 Å². The van der Waals surface area contributed by atoms with Crippen molar-refractivity contribution in [3.8, 4) is 0 Å². The van der Waals surface area contributed by atoms with Gasteiger partial charge >= 0.3 is 11.9 Å². The van der Waals surface area contributed by atoms with Crippen LogP contribution in [0.2, 0.25) is 0 Å². The van der Waals surface area contributed by atoms with Gasteiger partial charge < -0.3 is 14.8 Å². The first kappa shape index (κ1) is 19.7. The van der Waals surface area contributed by atoms with E-state index < -0.39 is 22.7 Å². The van der Waals surface area contributed by atoms with Crippen LogP contribution >= 0.6 is 34.5 Å². The Kier molecular flexibility index (Phi) is 7.31. The van der Waals surface area contributed by atoms with Crippen molar-refractivity contribution in [2.24, 2.45) is 0 Å². The normalized spacial score (nSPS) is 10.8. The molecule has 0 aliphatic heterocycles. The molecule has 0 fully saturated rings. The molecule has 0 aromatic carbocycles. The first-order valence-electron chi connectivity index (χ1n) is 6.79. The van der Waals surface area contributed by atoms with Gasteiger partial charge in [-0.1, -0.05) is 23.2 Å². The van der Waals surface area contributed by atoms with Crippen LogP contribution < -0.4 is 5.32 Å². The van der Waals surface area contributed by atoms with E-state index in [2.05, 4.69) is 5.32 Å². The Morgan fingerprint density at radius 2 is 1.83 bits per heavy atom. The number of ether oxygens (including phenoxy) is 2. The Bertz CT molecular complexity index is 613. The van der Waals surface area contributed by atoms with Gasteiger partial charge in [-0.15, -0.1) is 11.3 Å². The minimum atomic E-state index is -1.31. The summed E-state index contributed by atoms with van der Waals surface area (Å²) in [7, 11) is 0. The number of anilines is 1. The zero-order valence-electron chi connectivity index (χ0n) is 13.1. The average Bonchev–Trinajstić information content (AvgIpc) is 2.74. The lowest BCUT2D eigenvalue weighted by molar-refractivity contribution is -0.114. The zero-order valence-corrected chi connectivity index (χ0v) is 15.4. The van der Waals surface area contributed by atoms with E-state index in [1.165, 1.54) is 0 Å². The van der Waals surface area contributed by atoms with Gasteiger partial charge in [0.05, 0.1) is 18.3 Å². The Morgan fingerprint density at radius 1 is 1.22 bits per heavy atom. The molecule has 1 heterocycles. The van der Waals surface area contributed by atoms with Gasteiger partial charge in [-0.3, -0.25) is 4.79 Å². The third-order valence-corrected chi connectivity index (χ3v) is 4.17. The lowest BCUT2D eigenvalue weighted by Gasteiger charge is -2.07. The summed E-state index contributed by atoms with van der Waals surface area (Å²) in [6.07, 6.45) is -0.317. The molecule has 0 unspecified atom stereocenters. The molecule has 0 bridgehead atoms. The SMILES string of the molecule is CCOC(=O)c1c(NC(=O)C(Cl)Cl)sc(C(=O)OC(C)C)c1C. The van der Waals surface area contributed by atoms with Crippen molar-refractivity contribution < 1.29 is 23.9 Å². The fourth-order valence-corrected chi connectivity index (χ4v) is 2.87. The fourth-order valence-electron chi connectivity index (χ4n) is 1.68. The molecule has 1 aromatic rings. The minimum absolute atomic E-state index is 0.0925. The maximum atomic E-state index is 12.1. The van der Waals surface area contributed by atoms with Crippen LogP contribution in [0.25, 0.3) is 0 Å². The second-order valence-corrected chi connectivity index (χ2v) is 6.84. The maximum absolute atomic E-state index is 12.1. The molecule has 23 heavy (non-hydrogen) atoms. The molecule has 1 aromatic heterocycles. The standard InChI is InChI=1S/C14H17Cl2NO5S/c1-5-21-13(19)8-7(4)9(14(20)22-6(2)3)23-12(8)17-11(18)10(15)16/h6,10H,5H2,1-4H3,(H,17,18). The summed E-state index contributed by atoms with van der Waals surface area (Å²) < 4.78 is 10.1. The molecule has 1 rings (SSSR count). The summed E-state index contributed by atoms with van der Waals surface area (Å²) in [5.74, 6) is -1.94. The monoisotopic (exact) mass is 381 g/mol. The smallest absolute Gasteiger partial charge is 0.348 e. The summed E-state index contributed by atoms with van der Waals surface area (Å²) in [5.41, 5.74) is 0.463. The Labute approximate surface area is 148 Å². The van der Waals surface area contributed by atoms with Gasteiger partial charge in [-0.05, 0) is 33.3 Å². The molecule has 0 saturated carbocycles. The van der Waals surface area contributed by atoms with E-state index in [1.807, 2.05) is 0 Å². The van der Waals surface area contributed by atoms with Gasteiger partial charge in [0.25, 0.3) is 5.91 Å². The zero-order chi connectivity index (χ0) is 17.7. The van der Waals surface area contributed by atoms with E-state index in [0.29, 0.717) is 5.56 Å². The van der Waals surface area contributed by atoms with Crippen LogP contribution in [0.5, 0.6) is 0 Å². The summed E-state index contributed by atoms with van der Waals surface area (Å²) in [6.45, 7) is 6.80. The van der Waals surface area contributed by atoms with Gasteiger partial charge in [-0.25, -0.2) is 9.59 Å². The van der Waals surface area contributed by atoms with Crippen molar-refractivity contribution in [1.82, 2.24) is 0 Å². The van der Waals surface area contributed by atoms with Crippen molar-refractivity contribution in [3.63, 3.8) is 0 Å². The highest BCUT2D eigenvalue weighted by Gasteiger charge is 2.28.